The third-order valence-electron chi connectivity index (χ3n) is 3.73. The lowest BCUT2D eigenvalue weighted by atomic mass is 10.0. The van der Waals surface area contributed by atoms with Crippen LogP contribution in [0.1, 0.15) is 37.9 Å². The number of rotatable bonds is 7. The van der Waals surface area contributed by atoms with E-state index in [-0.39, 0.29) is 5.56 Å². The standard InChI is InChI=1S/C15H22FNO2/c1-3-17(11-7-8-11)10-9-13(18)15-12(16)5-4-6-14(15)19-2/h4-6,11,13,18H,3,7-10H2,1-2H3. The molecular formula is C15H22FNO2. The summed E-state index contributed by atoms with van der Waals surface area (Å²) in [4.78, 5) is 2.34. The van der Waals surface area contributed by atoms with Gasteiger partial charge in [0.05, 0.1) is 18.8 Å². The van der Waals surface area contributed by atoms with Crippen LogP contribution in [-0.4, -0.2) is 36.2 Å². The number of ether oxygens (including phenoxy) is 1. The molecule has 4 heteroatoms. The summed E-state index contributed by atoms with van der Waals surface area (Å²) < 4.78 is 18.9. The van der Waals surface area contributed by atoms with E-state index in [1.165, 1.54) is 26.0 Å². The van der Waals surface area contributed by atoms with Crippen LogP contribution in [0.5, 0.6) is 5.75 Å². The number of hydrogen-bond donors (Lipinski definition) is 1. The quantitative estimate of drug-likeness (QED) is 0.824. The van der Waals surface area contributed by atoms with Crippen LogP contribution < -0.4 is 4.74 Å². The molecular weight excluding hydrogens is 245 g/mol. The monoisotopic (exact) mass is 267 g/mol. The van der Waals surface area contributed by atoms with Gasteiger partial charge >= 0.3 is 0 Å². The lowest BCUT2D eigenvalue weighted by Gasteiger charge is -2.22. The van der Waals surface area contributed by atoms with Crippen molar-refractivity contribution in [3.63, 3.8) is 0 Å². The molecule has 0 aromatic heterocycles. The van der Waals surface area contributed by atoms with Gasteiger partial charge in [-0.3, -0.25) is 0 Å². The van der Waals surface area contributed by atoms with E-state index in [1.807, 2.05) is 0 Å². The summed E-state index contributed by atoms with van der Waals surface area (Å²) in [7, 11) is 1.49. The number of halogens is 1. The van der Waals surface area contributed by atoms with Gasteiger partial charge in [0.1, 0.15) is 11.6 Å². The fraction of sp³-hybridized carbons (Fsp3) is 0.600. The minimum absolute atomic E-state index is 0.275. The van der Waals surface area contributed by atoms with E-state index in [9.17, 15) is 9.50 Å². The van der Waals surface area contributed by atoms with Crippen LogP contribution in [0.2, 0.25) is 0 Å². The van der Waals surface area contributed by atoms with E-state index in [0.717, 1.165) is 13.1 Å². The summed E-state index contributed by atoms with van der Waals surface area (Å²) in [6.07, 6.45) is 2.20. The molecule has 0 amide bonds. The van der Waals surface area contributed by atoms with Gasteiger partial charge in [-0.1, -0.05) is 13.0 Å². The predicted molar refractivity (Wildman–Crippen MR) is 72.8 cm³/mol. The third kappa shape index (κ3) is 3.45. The number of aliphatic hydroxyl groups excluding tert-OH is 1. The Bertz CT molecular complexity index is 421. The highest BCUT2D eigenvalue weighted by atomic mass is 19.1. The van der Waals surface area contributed by atoms with E-state index in [4.69, 9.17) is 4.74 Å². The molecule has 0 bridgehead atoms. The van der Waals surface area contributed by atoms with Crippen LogP contribution in [0.3, 0.4) is 0 Å². The maximum absolute atomic E-state index is 13.8. The molecule has 1 unspecified atom stereocenters. The summed E-state index contributed by atoms with van der Waals surface area (Å²) in [5, 5.41) is 10.2. The van der Waals surface area contributed by atoms with Gasteiger partial charge < -0.3 is 14.7 Å². The largest absolute Gasteiger partial charge is 0.496 e. The van der Waals surface area contributed by atoms with Gasteiger partial charge in [-0.05, 0) is 37.9 Å². The second-order valence-corrected chi connectivity index (χ2v) is 5.02. The van der Waals surface area contributed by atoms with Crippen LogP contribution >= 0.6 is 0 Å². The zero-order chi connectivity index (χ0) is 13.8. The molecule has 0 aliphatic heterocycles. The third-order valence-corrected chi connectivity index (χ3v) is 3.73. The molecule has 1 aliphatic carbocycles. The molecule has 3 nitrogen and oxygen atoms in total. The zero-order valence-electron chi connectivity index (χ0n) is 11.6. The van der Waals surface area contributed by atoms with E-state index >= 15 is 0 Å². The van der Waals surface area contributed by atoms with Crippen molar-refractivity contribution in [3.05, 3.63) is 29.6 Å². The molecule has 2 rings (SSSR count). The lowest BCUT2D eigenvalue weighted by Crippen LogP contribution is -2.28. The first-order chi connectivity index (χ1) is 9.17. The van der Waals surface area contributed by atoms with Crippen molar-refractivity contribution in [2.45, 2.75) is 38.3 Å². The summed E-state index contributed by atoms with van der Waals surface area (Å²) in [6, 6.07) is 5.30. The second kappa shape index (κ2) is 6.35. The highest BCUT2D eigenvalue weighted by Crippen LogP contribution is 2.31. The van der Waals surface area contributed by atoms with Crippen molar-refractivity contribution in [1.29, 1.82) is 0 Å². The first-order valence-electron chi connectivity index (χ1n) is 6.91. The van der Waals surface area contributed by atoms with E-state index in [1.54, 1.807) is 12.1 Å². The average Bonchev–Trinajstić information content (AvgIpc) is 3.23. The molecule has 0 spiro atoms. The van der Waals surface area contributed by atoms with Crippen LogP contribution in [0.25, 0.3) is 0 Å². The first kappa shape index (κ1) is 14.3. The minimum atomic E-state index is -0.816. The van der Waals surface area contributed by atoms with Gasteiger partial charge in [0.25, 0.3) is 0 Å². The topological polar surface area (TPSA) is 32.7 Å². The molecule has 0 saturated heterocycles. The summed E-state index contributed by atoms with van der Waals surface area (Å²) >= 11 is 0. The Morgan fingerprint density at radius 1 is 1.47 bits per heavy atom. The van der Waals surface area contributed by atoms with Gasteiger partial charge in [0, 0.05) is 12.6 Å². The molecule has 1 atom stereocenters. The van der Waals surface area contributed by atoms with Gasteiger partial charge in [-0.25, -0.2) is 4.39 Å². The average molecular weight is 267 g/mol. The van der Waals surface area contributed by atoms with E-state index in [0.29, 0.717) is 18.2 Å². The van der Waals surface area contributed by atoms with Crippen LogP contribution in [0.15, 0.2) is 18.2 Å². The van der Waals surface area contributed by atoms with Gasteiger partial charge in [-0.15, -0.1) is 0 Å². The summed E-state index contributed by atoms with van der Waals surface area (Å²) in [5.74, 6) is 0.0169. The number of benzene rings is 1. The molecule has 106 valence electrons. The van der Waals surface area contributed by atoms with Gasteiger partial charge in [0.15, 0.2) is 0 Å². The molecule has 19 heavy (non-hydrogen) atoms. The van der Waals surface area contributed by atoms with Gasteiger partial charge in [0.2, 0.25) is 0 Å². The highest BCUT2D eigenvalue weighted by molar-refractivity contribution is 5.36. The van der Waals surface area contributed by atoms with E-state index in [2.05, 4.69) is 11.8 Å². The van der Waals surface area contributed by atoms with Crippen LogP contribution in [0.4, 0.5) is 4.39 Å². The molecule has 1 N–H and O–H groups in total. The fourth-order valence-corrected chi connectivity index (χ4v) is 2.49. The zero-order valence-corrected chi connectivity index (χ0v) is 11.6. The van der Waals surface area contributed by atoms with Crippen molar-refractivity contribution < 1.29 is 14.2 Å². The Morgan fingerprint density at radius 3 is 2.79 bits per heavy atom. The lowest BCUT2D eigenvalue weighted by molar-refractivity contribution is 0.134. The number of methoxy groups -OCH3 is 1. The van der Waals surface area contributed by atoms with Crippen LogP contribution in [-0.2, 0) is 0 Å². The van der Waals surface area contributed by atoms with Crippen molar-refractivity contribution in [2.24, 2.45) is 0 Å². The van der Waals surface area contributed by atoms with E-state index < -0.39 is 11.9 Å². The molecule has 1 aromatic rings. The highest BCUT2D eigenvalue weighted by Gasteiger charge is 2.28. The number of aliphatic hydroxyl groups is 1. The Kier molecular flexibility index (Phi) is 4.77. The Balaban J connectivity index is 2.00. The number of nitrogens with zero attached hydrogens (tertiary/aromatic N) is 1. The number of hydrogen-bond acceptors (Lipinski definition) is 3. The summed E-state index contributed by atoms with van der Waals surface area (Å²) in [6.45, 7) is 3.89. The van der Waals surface area contributed by atoms with Gasteiger partial charge in [-0.2, -0.15) is 0 Å². The molecule has 1 fully saturated rings. The first-order valence-corrected chi connectivity index (χ1v) is 6.91. The minimum Gasteiger partial charge on any atom is -0.496 e. The second-order valence-electron chi connectivity index (χ2n) is 5.02. The summed E-state index contributed by atoms with van der Waals surface area (Å²) in [5.41, 5.74) is 0.275. The molecule has 1 saturated carbocycles. The molecule has 0 radical (unpaired) electrons. The predicted octanol–water partition coefficient (Wildman–Crippen LogP) is 2.74. The maximum atomic E-state index is 13.8. The van der Waals surface area contributed by atoms with Crippen molar-refractivity contribution in [3.8, 4) is 5.75 Å². The SMILES string of the molecule is CCN(CCC(O)c1c(F)cccc1OC)C1CC1. The Labute approximate surface area is 114 Å². The molecule has 1 aromatic carbocycles. The normalized spacial score (nSPS) is 16.7. The Hall–Kier alpha value is -1.13. The van der Waals surface area contributed by atoms with Crippen molar-refractivity contribution in [1.82, 2.24) is 4.90 Å². The molecule has 0 heterocycles. The smallest absolute Gasteiger partial charge is 0.132 e. The maximum Gasteiger partial charge on any atom is 0.132 e. The Morgan fingerprint density at radius 2 is 2.21 bits per heavy atom. The van der Waals surface area contributed by atoms with Crippen molar-refractivity contribution in [2.75, 3.05) is 20.2 Å². The fourth-order valence-electron chi connectivity index (χ4n) is 2.49. The van der Waals surface area contributed by atoms with Crippen molar-refractivity contribution >= 4 is 0 Å². The van der Waals surface area contributed by atoms with Crippen LogP contribution in [0, 0.1) is 5.82 Å². The molecule has 1 aliphatic rings.